The van der Waals surface area contributed by atoms with Crippen molar-refractivity contribution in [2.24, 2.45) is 0 Å². The number of β-amino-alcohol motifs (C(OH)–C–C–N with tert-alkyl or cyclic N) is 1. The summed E-state index contributed by atoms with van der Waals surface area (Å²) in [5, 5.41) is 24.9. The van der Waals surface area contributed by atoms with E-state index in [-0.39, 0.29) is 29.0 Å². The fourth-order valence-electron chi connectivity index (χ4n) is 5.86. The first kappa shape index (κ1) is 35.1. The molecule has 1 aliphatic rings. The Balaban J connectivity index is 0.000000582. The largest absolute Gasteiger partial charge is 0.490 e. The van der Waals surface area contributed by atoms with Gasteiger partial charge >= 0.3 is 18.3 Å². The third-order valence-corrected chi connectivity index (χ3v) is 8.20. The molecule has 6 aromatic rings. The molecule has 3 aromatic carbocycles. The van der Waals surface area contributed by atoms with Crippen molar-refractivity contribution in [1.29, 1.82) is 0 Å². The van der Waals surface area contributed by atoms with Crippen LogP contribution < -0.4 is 11.3 Å². The molecule has 0 aliphatic carbocycles. The smallest absolute Gasteiger partial charge is 0.475 e. The van der Waals surface area contributed by atoms with Gasteiger partial charge in [0.15, 0.2) is 22.6 Å². The van der Waals surface area contributed by atoms with Crippen molar-refractivity contribution in [2.45, 2.75) is 38.3 Å². The van der Waals surface area contributed by atoms with Gasteiger partial charge in [0.1, 0.15) is 11.3 Å². The number of nitrogens with zero attached hydrogens (tertiary/aromatic N) is 6. The summed E-state index contributed by atoms with van der Waals surface area (Å²) in [4.78, 5) is 29.3. The topological polar surface area (TPSA) is 166 Å². The third kappa shape index (κ3) is 7.00. The minimum Gasteiger partial charge on any atom is -0.475 e. The van der Waals surface area contributed by atoms with Crippen molar-refractivity contribution in [1.82, 2.24) is 29.4 Å². The highest BCUT2D eigenvalue weighted by molar-refractivity contribution is 5.89. The summed E-state index contributed by atoms with van der Waals surface area (Å²) < 4.78 is 81.4. The van der Waals surface area contributed by atoms with Gasteiger partial charge in [0.25, 0.3) is 5.56 Å². The first-order valence-electron chi connectivity index (χ1n) is 15.2. The van der Waals surface area contributed by atoms with Gasteiger partial charge in [-0.1, -0.05) is 41.6 Å². The van der Waals surface area contributed by atoms with Gasteiger partial charge in [-0.25, -0.2) is 14.5 Å². The number of alkyl halides is 6. The maximum Gasteiger partial charge on any atom is 0.490 e. The molecule has 3 aromatic heterocycles. The van der Waals surface area contributed by atoms with E-state index in [9.17, 15) is 36.2 Å². The van der Waals surface area contributed by atoms with Crippen LogP contribution in [0.4, 0.5) is 32.2 Å². The molecule has 1 saturated heterocycles. The van der Waals surface area contributed by atoms with E-state index in [0.717, 1.165) is 34.3 Å². The molecule has 1 fully saturated rings. The highest BCUT2D eigenvalue weighted by Gasteiger charge is 2.40. The second-order valence-corrected chi connectivity index (χ2v) is 11.7. The van der Waals surface area contributed by atoms with Gasteiger partial charge in [-0.05, 0) is 60.4 Å². The summed E-state index contributed by atoms with van der Waals surface area (Å²) in [5.74, 6) is -2.63. The number of carboxylic acids is 1. The minimum absolute atomic E-state index is 0.0559. The number of rotatable bonds is 5. The van der Waals surface area contributed by atoms with E-state index in [4.69, 9.17) is 20.2 Å². The molecule has 0 amide bonds. The maximum absolute atomic E-state index is 14.1. The first-order valence-corrected chi connectivity index (χ1v) is 15.2. The van der Waals surface area contributed by atoms with Crippen LogP contribution in [0.5, 0.6) is 0 Å². The average Bonchev–Trinajstić information content (AvgIpc) is 3.78. The number of anilines is 1. The number of aromatic nitrogens is 5. The van der Waals surface area contributed by atoms with Crippen molar-refractivity contribution in [3.63, 3.8) is 0 Å². The molecule has 0 spiro atoms. The number of aryl methyl sites for hydroxylation is 1. The van der Waals surface area contributed by atoms with Crippen LogP contribution in [0.2, 0.25) is 0 Å². The lowest BCUT2D eigenvalue weighted by atomic mass is 9.99. The number of nitrogen functional groups attached to an aromatic ring is 1. The van der Waals surface area contributed by atoms with Gasteiger partial charge in [0.2, 0.25) is 0 Å². The highest BCUT2D eigenvalue weighted by atomic mass is 19.4. The number of aliphatic hydroxyl groups excluding tert-OH is 1. The first-order chi connectivity index (χ1) is 24.0. The number of carboxylic acid groups (broad SMARTS) is 1. The van der Waals surface area contributed by atoms with Crippen LogP contribution in [0.15, 0.2) is 76.0 Å². The number of hydrogen-bond donors (Lipinski definition) is 3. The summed E-state index contributed by atoms with van der Waals surface area (Å²) in [6.07, 6.45) is -9.51. The van der Waals surface area contributed by atoms with Crippen LogP contribution in [0.25, 0.3) is 44.5 Å². The van der Waals surface area contributed by atoms with Crippen molar-refractivity contribution in [3.8, 4) is 22.5 Å². The number of aliphatic carboxylic acids is 1. The van der Waals surface area contributed by atoms with Gasteiger partial charge in [0, 0.05) is 19.6 Å². The second-order valence-electron chi connectivity index (χ2n) is 11.7. The lowest BCUT2D eigenvalue weighted by molar-refractivity contribution is -0.192. The number of likely N-dealkylation sites (tertiary alicyclic amines) is 1. The van der Waals surface area contributed by atoms with Crippen LogP contribution in [-0.2, 0) is 17.5 Å². The quantitative estimate of drug-likeness (QED) is 0.195. The molecule has 51 heavy (non-hydrogen) atoms. The number of halogens is 6. The van der Waals surface area contributed by atoms with Crippen LogP contribution >= 0.6 is 0 Å². The molecule has 0 radical (unpaired) electrons. The number of hydrogen-bond acceptors (Lipinski definition) is 9. The monoisotopic (exact) mass is 715 g/mol. The Labute approximate surface area is 282 Å². The van der Waals surface area contributed by atoms with Gasteiger partial charge < -0.3 is 20.5 Å². The molecular formula is C33H27F6N7O5. The summed E-state index contributed by atoms with van der Waals surface area (Å²) in [7, 11) is 0. The van der Waals surface area contributed by atoms with Gasteiger partial charge in [-0.2, -0.15) is 31.4 Å². The van der Waals surface area contributed by atoms with Crippen LogP contribution in [-0.4, -0.2) is 70.9 Å². The zero-order valence-electron chi connectivity index (χ0n) is 26.4. The fourth-order valence-corrected chi connectivity index (χ4v) is 5.86. The molecule has 7 rings (SSSR count). The van der Waals surface area contributed by atoms with Gasteiger partial charge in [-0.3, -0.25) is 14.3 Å². The van der Waals surface area contributed by atoms with E-state index in [1.807, 2.05) is 36.4 Å². The van der Waals surface area contributed by atoms with Gasteiger partial charge in [0.05, 0.1) is 22.9 Å². The number of carbonyl (C=O) groups is 1. The zero-order valence-corrected chi connectivity index (χ0v) is 26.4. The van der Waals surface area contributed by atoms with E-state index in [1.165, 1.54) is 29.7 Å². The Morgan fingerprint density at radius 1 is 1.02 bits per heavy atom. The molecule has 0 saturated carbocycles. The average molecular weight is 716 g/mol. The SMILES string of the molecule is Cc1nc2c(C(F)(F)F)nn(-c3ccc4onc(N)c4c3)c2c(=O)n1-c1ccc(-c2ccccc2CN2CC[C@@H](O)C2)cc1.O=C(O)C(F)(F)F. The summed E-state index contributed by atoms with van der Waals surface area (Å²) in [5.41, 5.74) is 6.96. The normalized spacial score (nSPS) is 15.3. The number of aliphatic hydroxyl groups is 1. The number of benzene rings is 3. The van der Waals surface area contributed by atoms with Crippen LogP contribution in [0.3, 0.4) is 0 Å². The van der Waals surface area contributed by atoms with Crippen molar-refractivity contribution >= 4 is 33.8 Å². The summed E-state index contributed by atoms with van der Waals surface area (Å²) in [6, 6.07) is 19.6. The molecule has 0 unspecified atom stereocenters. The zero-order chi connectivity index (χ0) is 36.8. The van der Waals surface area contributed by atoms with E-state index in [1.54, 1.807) is 12.1 Å². The predicted molar refractivity (Wildman–Crippen MR) is 171 cm³/mol. The standard InChI is InChI=1S/C31H26F3N7O3.C2HF3O2/c1-17-36-26-27(41(37-28(26)31(32,33)34)21-10-11-25-24(14-21)29(35)38-44-25)30(43)40(17)20-8-6-18(7-9-20)23-5-3-2-4-19(23)15-39-13-12-22(42)16-39;3-2(4,5)1(6)7/h2-11,14,22,42H,12-13,15-16H2,1H3,(H2,35,38);(H,6,7)/t22-;/m1./s1. The van der Waals surface area contributed by atoms with Crippen molar-refractivity contribution < 1.29 is 45.9 Å². The molecule has 1 atom stereocenters. The fraction of sp³-hybridized carbons (Fsp3) is 0.242. The van der Waals surface area contributed by atoms with Crippen LogP contribution in [0, 0.1) is 6.92 Å². The highest BCUT2D eigenvalue weighted by Crippen LogP contribution is 2.35. The minimum atomic E-state index is -5.08. The maximum atomic E-state index is 14.1. The van der Waals surface area contributed by atoms with E-state index >= 15 is 0 Å². The van der Waals surface area contributed by atoms with E-state index in [2.05, 4.69) is 20.1 Å². The summed E-state index contributed by atoms with van der Waals surface area (Å²) >= 11 is 0. The Kier molecular flexibility index (Phi) is 9.07. The van der Waals surface area contributed by atoms with Gasteiger partial charge in [-0.15, -0.1) is 0 Å². The molecular weight excluding hydrogens is 688 g/mol. The van der Waals surface area contributed by atoms with Crippen molar-refractivity contribution in [3.05, 3.63) is 94.2 Å². The van der Waals surface area contributed by atoms with Crippen molar-refractivity contribution in [2.75, 3.05) is 18.8 Å². The molecule has 12 nitrogen and oxygen atoms in total. The summed E-state index contributed by atoms with van der Waals surface area (Å²) in [6.45, 7) is 3.61. The Hall–Kier alpha value is -5.75. The molecule has 266 valence electrons. The molecule has 4 N–H and O–H groups in total. The Morgan fingerprint density at radius 2 is 1.69 bits per heavy atom. The van der Waals surface area contributed by atoms with Crippen LogP contribution in [0.1, 0.15) is 23.5 Å². The molecule has 18 heteroatoms. The number of nitrogens with two attached hydrogens (primary N) is 1. The molecule has 0 bridgehead atoms. The Morgan fingerprint density at radius 3 is 2.31 bits per heavy atom. The third-order valence-electron chi connectivity index (χ3n) is 8.20. The lowest BCUT2D eigenvalue weighted by Crippen LogP contribution is -2.24. The van der Waals surface area contributed by atoms with E-state index < -0.39 is 35.1 Å². The predicted octanol–water partition coefficient (Wildman–Crippen LogP) is 5.49. The Bertz CT molecular complexity index is 2310. The molecule has 1 aliphatic heterocycles. The second kappa shape index (κ2) is 13.2. The lowest BCUT2D eigenvalue weighted by Gasteiger charge is -2.18. The molecule has 4 heterocycles. The number of fused-ring (bicyclic) bond motifs is 2. The van der Waals surface area contributed by atoms with E-state index in [0.29, 0.717) is 29.7 Å².